The van der Waals surface area contributed by atoms with E-state index in [9.17, 15) is 41.1 Å². The van der Waals surface area contributed by atoms with Gasteiger partial charge in [0.1, 0.15) is 40.4 Å². The fourth-order valence-electron chi connectivity index (χ4n) is 7.57. The first-order valence-electron chi connectivity index (χ1n) is 18.6. The molecule has 56 heavy (non-hydrogen) atoms. The van der Waals surface area contributed by atoms with Crippen molar-refractivity contribution in [2.75, 3.05) is 25.1 Å². The van der Waals surface area contributed by atoms with Gasteiger partial charge >= 0.3 is 11.9 Å². The SMILES string of the molecule is CCOC(=O)[C@H](CCCCNC(=O)Cc1ccc(OCC2Nc3cc(Cl)c(S(N)(=O)=O)cc3S(=O)(=O)N2)cc1)N[C@@H](C)C(=O)N1C(C(=O)O)CC2CCCCC21. The number of benzene rings is 2. The minimum Gasteiger partial charge on any atom is -0.490 e. The Morgan fingerprint density at radius 2 is 1.82 bits per heavy atom. The number of sulfonamides is 2. The van der Waals surface area contributed by atoms with Crippen molar-refractivity contribution in [2.45, 2.75) is 112 Å². The molecule has 0 radical (unpaired) electrons. The van der Waals surface area contributed by atoms with Crippen molar-refractivity contribution in [3.05, 3.63) is 47.0 Å². The van der Waals surface area contributed by atoms with E-state index in [0.29, 0.717) is 43.5 Å². The van der Waals surface area contributed by atoms with E-state index in [-0.39, 0.29) is 59.0 Å². The first-order valence-corrected chi connectivity index (χ1v) is 22.0. The van der Waals surface area contributed by atoms with E-state index in [4.69, 9.17) is 26.2 Å². The first kappa shape index (κ1) is 43.1. The summed E-state index contributed by atoms with van der Waals surface area (Å²) >= 11 is 6.03. The lowest BCUT2D eigenvalue weighted by Gasteiger charge is -2.35. The van der Waals surface area contributed by atoms with Crippen molar-refractivity contribution in [2.24, 2.45) is 11.1 Å². The third-order valence-corrected chi connectivity index (χ3v) is 13.1. The number of halogens is 1. The minimum absolute atomic E-state index is 0.0832. The van der Waals surface area contributed by atoms with Gasteiger partial charge in [-0.2, -0.15) is 4.72 Å². The standard InChI is InChI=1S/C36H49ClN6O11S2/c1-3-53-36(48)26(40-21(2)34(45)43-28-10-5-4-8-23(28)17-29(43)35(46)47)9-6-7-15-39-33(44)16-22-11-13-24(14-12-22)54-20-32-41-27-18-25(37)30(55(38,49)50)19-31(27)56(51,52)42-32/h11-14,18-19,21,23,26,28-29,32,40-42H,3-10,15-17,20H2,1-2H3,(H,39,44)(H,46,47)(H2,38,49,50)/t21-,23?,26-,28?,29?,32?/m0/s1. The molecule has 2 fully saturated rings. The van der Waals surface area contributed by atoms with Crippen LogP contribution in [0.2, 0.25) is 5.02 Å². The zero-order chi connectivity index (χ0) is 40.8. The first-order chi connectivity index (χ1) is 26.5. The number of hydrogen-bond acceptors (Lipinski definition) is 12. The molecule has 1 saturated carbocycles. The van der Waals surface area contributed by atoms with E-state index in [1.807, 2.05) is 0 Å². The third kappa shape index (κ3) is 10.7. The van der Waals surface area contributed by atoms with Crippen molar-refractivity contribution in [1.29, 1.82) is 0 Å². The summed E-state index contributed by atoms with van der Waals surface area (Å²) in [6.07, 6.45) is 4.72. The summed E-state index contributed by atoms with van der Waals surface area (Å²) in [5.41, 5.74) is 0.785. The Morgan fingerprint density at radius 3 is 2.50 bits per heavy atom. The lowest BCUT2D eigenvalue weighted by atomic mass is 9.84. The van der Waals surface area contributed by atoms with Crippen LogP contribution in [0.25, 0.3) is 0 Å². The zero-order valence-electron chi connectivity index (χ0n) is 31.2. The van der Waals surface area contributed by atoms with Gasteiger partial charge in [-0.05, 0) is 88.1 Å². The number of unbranched alkanes of at least 4 members (excludes halogenated alkanes) is 1. The van der Waals surface area contributed by atoms with E-state index < -0.39 is 61.2 Å². The molecule has 0 aromatic heterocycles. The summed E-state index contributed by atoms with van der Waals surface area (Å²) in [5, 5.41) is 23.6. The van der Waals surface area contributed by atoms with Gasteiger partial charge in [0, 0.05) is 12.6 Å². The summed E-state index contributed by atoms with van der Waals surface area (Å²) in [6.45, 7) is 3.72. The third-order valence-electron chi connectivity index (χ3n) is 10.2. The largest absolute Gasteiger partial charge is 0.490 e. The maximum absolute atomic E-state index is 13.6. The van der Waals surface area contributed by atoms with Crippen LogP contribution in [0.4, 0.5) is 5.69 Å². The molecule has 4 unspecified atom stereocenters. The smallest absolute Gasteiger partial charge is 0.326 e. The second kappa shape index (κ2) is 18.5. The lowest BCUT2D eigenvalue weighted by Crippen LogP contribution is -2.55. The lowest BCUT2D eigenvalue weighted by molar-refractivity contribution is -0.152. The Kier molecular flexibility index (Phi) is 14.2. The normalized spacial score (nSPS) is 22.5. The number of amides is 2. The Bertz CT molecular complexity index is 2000. The maximum Gasteiger partial charge on any atom is 0.326 e. The van der Waals surface area contributed by atoms with Gasteiger partial charge in [-0.1, -0.05) is 36.6 Å². The summed E-state index contributed by atoms with van der Waals surface area (Å²) in [4.78, 5) is 51.8. The van der Waals surface area contributed by atoms with Gasteiger partial charge in [-0.25, -0.2) is 26.8 Å². The number of nitrogens with zero attached hydrogens (tertiary/aromatic N) is 1. The van der Waals surface area contributed by atoms with Gasteiger partial charge in [-0.3, -0.25) is 19.7 Å². The molecule has 1 saturated heterocycles. The number of primary sulfonamides is 1. The molecule has 1 aliphatic carbocycles. The van der Waals surface area contributed by atoms with Crippen LogP contribution in [0.15, 0.2) is 46.2 Å². The van der Waals surface area contributed by atoms with Crippen LogP contribution in [0.3, 0.4) is 0 Å². The number of carboxylic acid groups (broad SMARTS) is 1. The van der Waals surface area contributed by atoms with Gasteiger partial charge in [-0.15, -0.1) is 0 Å². The van der Waals surface area contributed by atoms with Crippen molar-refractivity contribution < 1.29 is 50.6 Å². The van der Waals surface area contributed by atoms with Crippen LogP contribution in [-0.4, -0.2) is 101 Å². The molecule has 0 bridgehead atoms. The van der Waals surface area contributed by atoms with Gasteiger partial charge in [0.2, 0.25) is 31.9 Å². The monoisotopic (exact) mass is 840 g/mol. The van der Waals surface area contributed by atoms with E-state index in [1.165, 1.54) is 11.0 Å². The molecule has 308 valence electrons. The molecule has 20 heteroatoms. The maximum atomic E-state index is 13.6. The zero-order valence-corrected chi connectivity index (χ0v) is 33.6. The van der Waals surface area contributed by atoms with Gasteiger partial charge in [0.25, 0.3) is 0 Å². The molecule has 2 aromatic rings. The van der Waals surface area contributed by atoms with Crippen LogP contribution < -0.4 is 30.5 Å². The molecule has 2 aliphatic heterocycles. The molecule has 3 aliphatic rings. The van der Waals surface area contributed by atoms with E-state index in [1.54, 1.807) is 38.1 Å². The fourth-order valence-corrected chi connectivity index (χ4v) is 10.1. The van der Waals surface area contributed by atoms with Gasteiger partial charge < -0.3 is 30.1 Å². The summed E-state index contributed by atoms with van der Waals surface area (Å²) in [6, 6.07) is 6.16. The van der Waals surface area contributed by atoms with E-state index >= 15 is 0 Å². The number of likely N-dealkylation sites (tertiary alicyclic amines) is 1. The van der Waals surface area contributed by atoms with Crippen LogP contribution >= 0.6 is 11.6 Å². The van der Waals surface area contributed by atoms with Crippen LogP contribution in [0.5, 0.6) is 5.75 Å². The molecule has 2 heterocycles. The molecular formula is C36H49ClN6O11S2. The van der Waals surface area contributed by atoms with Crippen LogP contribution in [-0.2, 0) is 50.4 Å². The molecule has 6 atom stereocenters. The predicted molar refractivity (Wildman–Crippen MR) is 205 cm³/mol. The Hall–Kier alpha value is -4.01. The average molecular weight is 841 g/mol. The summed E-state index contributed by atoms with van der Waals surface area (Å²) < 4.78 is 62.6. The number of carboxylic acids is 1. The molecule has 2 aromatic carbocycles. The summed E-state index contributed by atoms with van der Waals surface area (Å²) in [5.74, 6) is -1.48. The molecule has 5 rings (SSSR count). The Labute approximate surface area is 331 Å². The number of anilines is 1. The number of carbonyl (C=O) groups excluding carboxylic acids is 3. The van der Waals surface area contributed by atoms with E-state index in [0.717, 1.165) is 31.7 Å². The van der Waals surface area contributed by atoms with Crippen LogP contribution in [0, 0.1) is 5.92 Å². The van der Waals surface area contributed by atoms with Gasteiger partial charge in [0.15, 0.2) is 0 Å². The second-order valence-electron chi connectivity index (χ2n) is 14.3. The van der Waals surface area contributed by atoms with Crippen molar-refractivity contribution in [1.82, 2.24) is 20.3 Å². The number of hydrogen-bond donors (Lipinski definition) is 6. The number of carbonyl (C=O) groups is 4. The number of fused-ring (bicyclic) bond motifs is 2. The quantitative estimate of drug-likeness (QED) is 0.0988. The molecule has 7 N–H and O–H groups in total. The number of rotatable bonds is 17. The van der Waals surface area contributed by atoms with Crippen LogP contribution in [0.1, 0.15) is 70.8 Å². The van der Waals surface area contributed by atoms with Crippen molar-refractivity contribution in [3.8, 4) is 5.75 Å². The Morgan fingerprint density at radius 1 is 1.11 bits per heavy atom. The van der Waals surface area contributed by atoms with E-state index in [2.05, 4.69) is 20.7 Å². The Balaban J connectivity index is 1.05. The number of ether oxygens (including phenoxy) is 2. The molecular weight excluding hydrogens is 792 g/mol. The number of nitrogens with one attached hydrogen (secondary N) is 4. The fraction of sp³-hybridized carbons (Fsp3) is 0.556. The van der Waals surface area contributed by atoms with Gasteiger partial charge in [0.05, 0.1) is 29.8 Å². The number of aliphatic carboxylic acids is 1. The second-order valence-corrected chi connectivity index (χ2v) is 17.9. The number of esters is 1. The predicted octanol–water partition coefficient (Wildman–Crippen LogP) is 2.08. The topological polar surface area (TPSA) is 253 Å². The van der Waals surface area contributed by atoms with Crippen molar-refractivity contribution >= 4 is 61.1 Å². The highest BCUT2D eigenvalue weighted by molar-refractivity contribution is 7.90. The molecule has 17 nitrogen and oxygen atoms in total. The highest BCUT2D eigenvalue weighted by Gasteiger charge is 2.48. The van der Waals surface area contributed by atoms with Crippen molar-refractivity contribution in [3.63, 3.8) is 0 Å². The highest BCUT2D eigenvalue weighted by Crippen LogP contribution is 2.40. The highest BCUT2D eigenvalue weighted by atomic mass is 35.5. The molecule has 0 spiro atoms. The number of nitrogens with two attached hydrogens (primary N) is 1. The minimum atomic E-state index is -4.26. The summed E-state index contributed by atoms with van der Waals surface area (Å²) in [7, 11) is -8.38. The molecule has 2 amide bonds. The average Bonchev–Trinajstić information content (AvgIpc) is 3.53.